The van der Waals surface area contributed by atoms with Gasteiger partial charge in [0.25, 0.3) is 0 Å². The lowest BCUT2D eigenvalue weighted by Gasteiger charge is -2.32. The quantitative estimate of drug-likeness (QED) is 0.723. The Morgan fingerprint density at radius 2 is 1.85 bits per heavy atom. The van der Waals surface area contributed by atoms with Gasteiger partial charge in [0.05, 0.1) is 19.3 Å². The zero-order chi connectivity index (χ0) is 17.9. The minimum Gasteiger partial charge on any atom is -0.371 e. The smallest absolute Gasteiger partial charge is 0.163 e. The van der Waals surface area contributed by atoms with E-state index in [2.05, 4.69) is 15.1 Å². The van der Waals surface area contributed by atoms with E-state index in [0.717, 1.165) is 35.9 Å². The highest BCUT2D eigenvalue weighted by atomic mass is 19.1. The van der Waals surface area contributed by atoms with Crippen molar-refractivity contribution in [3.05, 3.63) is 71.8 Å². The number of hydrogen-bond donors (Lipinski definition) is 0. The van der Waals surface area contributed by atoms with Crippen molar-refractivity contribution in [2.24, 2.45) is 7.05 Å². The monoisotopic (exact) mass is 352 g/mol. The van der Waals surface area contributed by atoms with Gasteiger partial charge in [-0.2, -0.15) is 0 Å². The largest absolute Gasteiger partial charge is 0.371 e. The van der Waals surface area contributed by atoms with E-state index in [0.29, 0.717) is 13.2 Å². The average molecular weight is 352 g/mol. The highest BCUT2D eigenvalue weighted by Gasteiger charge is 2.23. The number of hydrogen-bond acceptors (Lipinski definition) is 4. The molecule has 1 aromatic heterocycles. The maximum atomic E-state index is 13.1. The molecule has 26 heavy (non-hydrogen) atoms. The zero-order valence-corrected chi connectivity index (χ0v) is 14.7. The summed E-state index contributed by atoms with van der Waals surface area (Å²) in [5, 5.41) is 8.73. The predicted octanol–water partition coefficient (Wildman–Crippen LogP) is 3.19. The van der Waals surface area contributed by atoms with Gasteiger partial charge >= 0.3 is 0 Å². The topological polar surface area (TPSA) is 43.2 Å². The summed E-state index contributed by atoms with van der Waals surface area (Å²) in [6.45, 7) is 2.94. The Bertz CT molecular complexity index is 863. The van der Waals surface area contributed by atoms with Crippen LogP contribution in [0.5, 0.6) is 0 Å². The molecule has 3 aromatic rings. The molecule has 1 aliphatic rings. The van der Waals surface area contributed by atoms with E-state index in [1.54, 1.807) is 12.1 Å². The van der Waals surface area contributed by atoms with Crippen LogP contribution in [0.2, 0.25) is 0 Å². The number of nitrogens with zero attached hydrogens (tertiary/aromatic N) is 4. The molecule has 0 saturated carbocycles. The summed E-state index contributed by atoms with van der Waals surface area (Å²) in [5.41, 5.74) is 2.05. The third-order valence-electron chi connectivity index (χ3n) is 4.75. The first-order valence-corrected chi connectivity index (χ1v) is 8.74. The molecule has 0 unspecified atom stereocenters. The Balaban J connectivity index is 1.47. The maximum absolute atomic E-state index is 13.1. The summed E-state index contributed by atoms with van der Waals surface area (Å²) in [7, 11) is 2.00. The molecule has 2 aromatic carbocycles. The standard InChI is InChI=1S/C20H21FN4O/c1-24-19(22-23-20(24)16-5-3-2-4-6-16)14-25-11-12-26-18(13-25)15-7-9-17(21)10-8-15/h2-10,18H,11-14H2,1H3/t18-/m1/s1. The second kappa shape index (κ2) is 7.35. The molecule has 1 fully saturated rings. The van der Waals surface area contributed by atoms with Gasteiger partial charge in [-0.05, 0) is 17.7 Å². The normalized spacial score (nSPS) is 18.2. The van der Waals surface area contributed by atoms with Gasteiger partial charge in [0.15, 0.2) is 5.82 Å². The van der Waals surface area contributed by atoms with Gasteiger partial charge in [0, 0.05) is 25.7 Å². The average Bonchev–Trinajstić information content (AvgIpc) is 3.04. The SMILES string of the molecule is Cn1c(CN2CCO[C@@H](c3ccc(F)cc3)C2)nnc1-c1ccccc1. The molecule has 0 N–H and O–H groups in total. The van der Waals surface area contributed by atoms with Gasteiger partial charge in [-0.3, -0.25) is 4.90 Å². The fourth-order valence-corrected chi connectivity index (χ4v) is 3.26. The van der Waals surface area contributed by atoms with E-state index in [4.69, 9.17) is 4.74 Å². The van der Waals surface area contributed by atoms with E-state index >= 15 is 0 Å². The lowest BCUT2D eigenvalue weighted by molar-refractivity contribution is -0.0339. The van der Waals surface area contributed by atoms with Gasteiger partial charge in [0.1, 0.15) is 11.6 Å². The number of aromatic nitrogens is 3. The van der Waals surface area contributed by atoms with Gasteiger partial charge in [-0.25, -0.2) is 4.39 Å². The van der Waals surface area contributed by atoms with E-state index in [-0.39, 0.29) is 11.9 Å². The van der Waals surface area contributed by atoms with Crippen molar-refractivity contribution >= 4 is 0 Å². The third kappa shape index (κ3) is 3.52. The molecule has 1 aliphatic heterocycles. The lowest BCUT2D eigenvalue weighted by Crippen LogP contribution is -2.38. The molecule has 0 amide bonds. The van der Waals surface area contributed by atoms with Gasteiger partial charge < -0.3 is 9.30 Å². The number of benzene rings is 2. The second-order valence-corrected chi connectivity index (χ2v) is 6.51. The number of morpholine rings is 1. The van der Waals surface area contributed by atoms with Gasteiger partial charge in [-0.15, -0.1) is 10.2 Å². The Morgan fingerprint density at radius 1 is 1.08 bits per heavy atom. The van der Waals surface area contributed by atoms with Crippen molar-refractivity contribution < 1.29 is 9.13 Å². The molecule has 2 heterocycles. The first kappa shape index (κ1) is 16.9. The lowest BCUT2D eigenvalue weighted by atomic mass is 10.1. The molecule has 0 bridgehead atoms. The van der Waals surface area contributed by atoms with Crippen LogP contribution in [0.3, 0.4) is 0 Å². The van der Waals surface area contributed by atoms with Crippen molar-refractivity contribution in [3.63, 3.8) is 0 Å². The molecule has 1 saturated heterocycles. The Morgan fingerprint density at radius 3 is 2.62 bits per heavy atom. The molecule has 134 valence electrons. The highest BCUT2D eigenvalue weighted by molar-refractivity contribution is 5.54. The van der Waals surface area contributed by atoms with Crippen LogP contribution in [0.1, 0.15) is 17.5 Å². The van der Waals surface area contributed by atoms with Crippen LogP contribution in [-0.2, 0) is 18.3 Å². The van der Waals surface area contributed by atoms with Crippen LogP contribution >= 0.6 is 0 Å². The van der Waals surface area contributed by atoms with Gasteiger partial charge in [-0.1, -0.05) is 42.5 Å². The minimum absolute atomic E-state index is 0.0498. The maximum Gasteiger partial charge on any atom is 0.163 e. The van der Waals surface area contributed by atoms with Crippen LogP contribution in [0.25, 0.3) is 11.4 Å². The van der Waals surface area contributed by atoms with E-state index in [1.807, 2.05) is 41.9 Å². The number of rotatable bonds is 4. The fraction of sp³-hybridized carbons (Fsp3) is 0.300. The summed E-state index contributed by atoms with van der Waals surface area (Å²) in [6.07, 6.45) is -0.0498. The second-order valence-electron chi connectivity index (χ2n) is 6.51. The zero-order valence-electron chi connectivity index (χ0n) is 14.7. The number of halogens is 1. The third-order valence-corrected chi connectivity index (χ3v) is 4.75. The molecule has 0 spiro atoms. The van der Waals surface area contributed by atoms with Crippen molar-refractivity contribution in [2.75, 3.05) is 19.7 Å². The minimum atomic E-state index is -0.228. The molecule has 0 radical (unpaired) electrons. The molecule has 6 heteroatoms. The molecular formula is C20H21FN4O. The molecule has 5 nitrogen and oxygen atoms in total. The molecular weight excluding hydrogens is 331 g/mol. The molecule has 1 atom stereocenters. The van der Waals surface area contributed by atoms with Crippen LogP contribution in [0.4, 0.5) is 4.39 Å². The van der Waals surface area contributed by atoms with E-state index in [9.17, 15) is 4.39 Å². The van der Waals surface area contributed by atoms with Crippen LogP contribution < -0.4 is 0 Å². The summed E-state index contributed by atoms with van der Waals surface area (Å²) in [4.78, 5) is 2.30. The summed E-state index contributed by atoms with van der Waals surface area (Å²) in [5.74, 6) is 1.56. The van der Waals surface area contributed by atoms with Crippen molar-refractivity contribution in [3.8, 4) is 11.4 Å². The summed E-state index contributed by atoms with van der Waals surface area (Å²) in [6, 6.07) is 16.6. The van der Waals surface area contributed by atoms with Crippen LogP contribution in [-0.4, -0.2) is 39.4 Å². The number of ether oxygens (including phenoxy) is 1. The van der Waals surface area contributed by atoms with Crippen molar-refractivity contribution in [2.45, 2.75) is 12.6 Å². The first-order chi connectivity index (χ1) is 12.7. The Hall–Kier alpha value is -2.57. The van der Waals surface area contributed by atoms with Crippen LogP contribution in [0.15, 0.2) is 54.6 Å². The molecule has 4 rings (SSSR count). The Labute approximate surface area is 152 Å². The Kier molecular flexibility index (Phi) is 4.77. The summed E-state index contributed by atoms with van der Waals surface area (Å²) < 4.78 is 21.0. The first-order valence-electron chi connectivity index (χ1n) is 8.74. The van der Waals surface area contributed by atoms with Gasteiger partial charge in [0.2, 0.25) is 0 Å². The van der Waals surface area contributed by atoms with E-state index in [1.165, 1.54) is 12.1 Å². The molecule has 0 aliphatic carbocycles. The summed E-state index contributed by atoms with van der Waals surface area (Å²) >= 11 is 0. The highest BCUT2D eigenvalue weighted by Crippen LogP contribution is 2.24. The van der Waals surface area contributed by atoms with E-state index < -0.39 is 0 Å². The fourth-order valence-electron chi connectivity index (χ4n) is 3.26. The van der Waals surface area contributed by atoms with Crippen molar-refractivity contribution in [1.82, 2.24) is 19.7 Å². The van der Waals surface area contributed by atoms with Crippen molar-refractivity contribution in [1.29, 1.82) is 0 Å². The predicted molar refractivity (Wildman–Crippen MR) is 96.8 cm³/mol. The van der Waals surface area contributed by atoms with Crippen LogP contribution in [0, 0.1) is 5.82 Å².